The number of sulfone groups is 1. The molecule has 0 unspecified atom stereocenters. The Kier molecular flexibility index (Phi) is 3.12. The van der Waals surface area contributed by atoms with Crippen LogP contribution < -0.4 is 0 Å². The average Bonchev–Trinajstić information content (AvgIpc) is 2.09. The molecule has 0 aromatic carbocycles. The monoisotopic (exact) mass is 313 g/mol. The molecule has 0 saturated carbocycles. The molecule has 0 aliphatic carbocycles. The molecule has 1 aromatic rings. The van der Waals surface area contributed by atoms with E-state index in [0.29, 0.717) is 3.70 Å². The molecule has 0 saturated heterocycles. The highest BCUT2D eigenvalue weighted by Gasteiger charge is 2.14. The Balaban J connectivity index is 3.27. The van der Waals surface area contributed by atoms with Crippen LogP contribution in [0.4, 0.5) is 0 Å². The maximum absolute atomic E-state index is 11.3. The van der Waals surface area contributed by atoms with Gasteiger partial charge in [0.2, 0.25) is 0 Å². The molecule has 0 spiro atoms. The summed E-state index contributed by atoms with van der Waals surface area (Å²) in [6, 6.07) is 2.63. The quantitative estimate of drug-likeness (QED) is 0.658. The van der Waals surface area contributed by atoms with E-state index in [1.165, 1.54) is 12.1 Å². The van der Waals surface area contributed by atoms with Gasteiger partial charge < -0.3 is 5.11 Å². The average molecular weight is 313 g/mol. The van der Waals surface area contributed by atoms with Gasteiger partial charge in [0, 0.05) is 0 Å². The summed E-state index contributed by atoms with van der Waals surface area (Å²) in [6.45, 7) is 1.55. The van der Waals surface area contributed by atoms with E-state index in [4.69, 9.17) is 5.11 Å². The number of hydrogen-bond donors (Lipinski definition) is 1. The van der Waals surface area contributed by atoms with Crippen LogP contribution in [-0.4, -0.2) is 24.3 Å². The van der Waals surface area contributed by atoms with Crippen molar-refractivity contribution < 1.29 is 13.5 Å². The van der Waals surface area contributed by atoms with Gasteiger partial charge in [0.1, 0.15) is 9.45 Å². The Hall–Kier alpha value is -0.370. The van der Waals surface area contributed by atoms with Gasteiger partial charge in [-0.05, 0) is 34.7 Å². The lowest BCUT2D eigenvalue weighted by atomic mass is 10.5. The third-order valence-corrected chi connectivity index (χ3v) is 3.92. The highest BCUT2D eigenvalue weighted by molar-refractivity contribution is 14.1. The molecule has 0 atom stereocenters. The van der Waals surface area contributed by atoms with Crippen molar-refractivity contribution in [2.24, 2.45) is 0 Å². The standard InChI is InChI=1S/C7H8INO3S/c1-2-13(11,12)6-4-3-5(10)7(8)9-6/h3-4,10H,2H2,1H3. The number of pyridine rings is 1. The van der Waals surface area contributed by atoms with Gasteiger partial charge >= 0.3 is 0 Å². The highest BCUT2D eigenvalue weighted by Crippen LogP contribution is 2.19. The minimum atomic E-state index is -3.26. The minimum Gasteiger partial charge on any atom is -0.505 e. The first-order valence-electron chi connectivity index (χ1n) is 3.55. The molecule has 6 heteroatoms. The van der Waals surface area contributed by atoms with Crippen molar-refractivity contribution in [1.29, 1.82) is 0 Å². The van der Waals surface area contributed by atoms with Gasteiger partial charge in [-0.15, -0.1) is 0 Å². The van der Waals surface area contributed by atoms with E-state index in [-0.39, 0.29) is 16.5 Å². The molecule has 4 nitrogen and oxygen atoms in total. The van der Waals surface area contributed by atoms with Crippen LogP contribution in [0.2, 0.25) is 0 Å². The number of aromatic hydroxyl groups is 1. The zero-order valence-corrected chi connectivity index (χ0v) is 9.83. The third kappa shape index (κ3) is 2.31. The maximum atomic E-state index is 11.3. The fraction of sp³-hybridized carbons (Fsp3) is 0.286. The Morgan fingerprint density at radius 3 is 2.62 bits per heavy atom. The Bertz CT molecular complexity index is 416. The maximum Gasteiger partial charge on any atom is 0.195 e. The van der Waals surface area contributed by atoms with E-state index in [9.17, 15) is 8.42 Å². The van der Waals surface area contributed by atoms with E-state index >= 15 is 0 Å². The number of rotatable bonds is 2. The van der Waals surface area contributed by atoms with Gasteiger partial charge in [-0.2, -0.15) is 0 Å². The van der Waals surface area contributed by atoms with Crippen LogP contribution in [-0.2, 0) is 9.84 Å². The van der Waals surface area contributed by atoms with Gasteiger partial charge in [0.15, 0.2) is 14.9 Å². The lowest BCUT2D eigenvalue weighted by molar-refractivity contribution is 0.466. The smallest absolute Gasteiger partial charge is 0.195 e. The van der Waals surface area contributed by atoms with Crippen LogP contribution in [0.15, 0.2) is 17.2 Å². The summed E-state index contributed by atoms with van der Waals surface area (Å²) in [5.41, 5.74) is 0. The van der Waals surface area contributed by atoms with E-state index in [1.54, 1.807) is 29.5 Å². The number of halogens is 1. The van der Waals surface area contributed by atoms with Gasteiger partial charge in [-0.25, -0.2) is 13.4 Å². The summed E-state index contributed by atoms with van der Waals surface area (Å²) in [4.78, 5) is 3.76. The fourth-order valence-corrected chi connectivity index (χ4v) is 2.14. The van der Waals surface area contributed by atoms with Crippen molar-refractivity contribution in [3.05, 3.63) is 15.8 Å². The largest absolute Gasteiger partial charge is 0.505 e. The Labute approximate surface area is 90.1 Å². The summed E-state index contributed by atoms with van der Waals surface area (Å²) in [5, 5.41) is 9.13. The molecule has 1 rings (SSSR count). The molecular weight excluding hydrogens is 305 g/mol. The lowest BCUT2D eigenvalue weighted by Crippen LogP contribution is -2.06. The molecule has 0 aliphatic heterocycles. The molecule has 0 radical (unpaired) electrons. The van der Waals surface area contributed by atoms with Crippen molar-refractivity contribution in [2.45, 2.75) is 11.9 Å². The second-order valence-corrected chi connectivity index (χ2v) is 5.61. The molecule has 1 N–H and O–H groups in total. The fourth-order valence-electron chi connectivity index (χ4n) is 0.731. The SMILES string of the molecule is CCS(=O)(=O)c1ccc(O)c(I)n1. The minimum absolute atomic E-state index is 0.00402. The molecule has 0 aliphatic rings. The van der Waals surface area contributed by atoms with E-state index < -0.39 is 9.84 Å². The van der Waals surface area contributed by atoms with Gasteiger partial charge in [-0.3, -0.25) is 0 Å². The summed E-state index contributed by atoms with van der Waals surface area (Å²) in [5.74, 6) is 0.0107. The molecule has 1 heterocycles. The Morgan fingerprint density at radius 1 is 1.54 bits per heavy atom. The molecule has 0 bridgehead atoms. The van der Waals surface area contributed by atoms with E-state index in [1.807, 2.05) is 0 Å². The van der Waals surface area contributed by atoms with Crippen molar-refractivity contribution in [2.75, 3.05) is 5.75 Å². The summed E-state index contributed by atoms with van der Waals surface area (Å²) in [7, 11) is -3.26. The van der Waals surface area contributed by atoms with Crippen LogP contribution in [0.5, 0.6) is 5.75 Å². The van der Waals surface area contributed by atoms with Crippen LogP contribution >= 0.6 is 22.6 Å². The van der Waals surface area contributed by atoms with E-state index in [2.05, 4.69) is 4.98 Å². The summed E-state index contributed by atoms with van der Waals surface area (Å²) in [6.07, 6.45) is 0. The molecule has 0 fully saturated rings. The van der Waals surface area contributed by atoms with Crippen molar-refractivity contribution >= 4 is 32.4 Å². The molecule has 1 aromatic heterocycles. The number of nitrogens with zero attached hydrogens (tertiary/aromatic N) is 1. The second kappa shape index (κ2) is 3.79. The Morgan fingerprint density at radius 2 is 2.15 bits per heavy atom. The van der Waals surface area contributed by atoms with Crippen LogP contribution in [0, 0.1) is 3.70 Å². The summed E-state index contributed by atoms with van der Waals surface area (Å²) < 4.78 is 22.9. The summed E-state index contributed by atoms with van der Waals surface area (Å²) >= 11 is 1.78. The van der Waals surface area contributed by atoms with Crippen LogP contribution in [0.1, 0.15) is 6.92 Å². The van der Waals surface area contributed by atoms with Crippen LogP contribution in [0.25, 0.3) is 0 Å². The molecular formula is C7H8INO3S. The van der Waals surface area contributed by atoms with Crippen LogP contribution in [0.3, 0.4) is 0 Å². The lowest BCUT2D eigenvalue weighted by Gasteiger charge is -2.01. The highest BCUT2D eigenvalue weighted by atomic mass is 127. The first kappa shape index (κ1) is 10.7. The molecule has 72 valence electrons. The molecule has 0 amide bonds. The predicted molar refractivity (Wildman–Crippen MR) is 56.3 cm³/mol. The third-order valence-electron chi connectivity index (χ3n) is 1.50. The van der Waals surface area contributed by atoms with E-state index in [0.717, 1.165) is 0 Å². The first-order chi connectivity index (χ1) is 5.97. The molecule has 13 heavy (non-hydrogen) atoms. The zero-order valence-electron chi connectivity index (χ0n) is 6.86. The van der Waals surface area contributed by atoms with Gasteiger partial charge in [0.25, 0.3) is 0 Å². The normalized spacial score (nSPS) is 11.5. The van der Waals surface area contributed by atoms with Gasteiger partial charge in [0.05, 0.1) is 5.75 Å². The van der Waals surface area contributed by atoms with Gasteiger partial charge in [-0.1, -0.05) is 6.92 Å². The predicted octanol–water partition coefficient (Wildman–Crippen LogP) is 1.19. The van der Waals surface area contributed by atoms with Crippen molar-refractivity contribution in [3.8, 4) is 5.75 Å². The number of hydrogen-bond acceptors (Lipinski definition) is 4. The second-order valence-electron chi connectivity index (χ2n) is 2.36. The number of aromatic nitrogens is 1. The van der Waals surface area contributed by atoms with Crippen molar-refractivity contribution in [1.82, 2.24) is 4.98 Å². The first-order valence-corrected chi connectivity index (χ1v) is 6.28. The zero-order chi connectivity index (χ0) is 10.1. The van der Waals surface area contributed by atoms with Crippen molar-refractivity contribution in [3.63, 3.8) is 0 Å². The topological polar surface area (TPSA) is 67.3 Å².